The molecule has 0 radical (unpaired) electrons. The number of nitrogens with one attached hydrogen (secondary N) is 1. The number of amides is 1. The molecule has 22 heavy (non-hydrogen) atoms. The van der Waals surface area contributed by atoms with Crippen molar-refractivity contribution in [3.8, 4) is 0 Å². The molecule has 7 heteroatoms. The number of carbonyl (C=O) groups is 2. The first-order valence-electron chi connectivity index (χ1n) is 7.42. The summed E-state index contributed by atoms with van der Waals surface area (Å²) in [7, 11) is 0. The van der Waals surface area contributed by atoms with Gasteiger partial charge in [-0.15, -0.1) is 0 Å². The quantitative estimate of drug-likeness (QED) is 0.892. The predicted molar refractivity (Wildman–Crippen MR) is 79.3 cm³/mol. The van der Waals surface area contributed by atoms with Crippen molar-refractivity contribution >= 4 is 22.9 Å². The monoisotopic (exact) mass is 302 g/mol. The molecule has 116 valence electrons. The number of carbonyl (C=O) groups excluding carboxylic acids is 1. The smallest absolute Gasteiger partial charge is 0.308 e. The third-order valence-corrected chi connectivity index (χ3v) is 4.27. The second kappa shape index (κ2) is 5.75. The highest BCUT2D eigenvalue weighted by molar-refractivity contribution is 5.97. The zero-order chi connectivity index (χ0) is 15.7. The molecule has 0 unspecified atom stereocenters. The average molecular weight is 302 g/mol. The Balaban J connectivity index is 1.81. The van der Waals surface area contributed by atoms with Crippen LogP contribution in [-0.2, 0) is 4.79 Å². The number of benzene rings is 1. The molecule has 0 saturated carbocycles. The van der Waals surface area contributed by atoms with Crippen molar-refractivity contribution < 1.29 is 14.7 Å². The van der Waals surface area contributed by atoms with Gasteiger partial charge in [-0.2, -0.15) is 15.4 Å². The van der Waals surface area contributed by atoms with Crippen LogP contribution in [0.15, 0.2) is 18.2 Å². The molecular formula is C15H18N4O3. The fourth-order valence-electron chi connectivity index (χ4n) is 3.14. The number of hydrogen-bond donors (Lipinski definition) is 2. The summed E-state index contributed by atoms with van der Waals surface area (Å²) < 4.78 is 0. The van der Waals surface area contributed by atoms with Crippen LogP contribution in [0.5, 0.6) is 0 Å². The minimum absolute atomic E-state index is 0.0298. The van der Waals surface area contributed by atoms with Crippen LogP contribution in [0.25, 0.3) is 11.0 Å². The van der Waals surface area contributed by atoms with E-state index in [1.165, 1.54) is 0 Å². The highest BCUT2D eigenvalue weighted by atomic mass is 16.4. The maximum Gasteiger partial charge on any atom is 0.308 e. The standard InChI is InChI=1S/C15H18N4O3/c1-2-3-10-7-19(8-11(10)15(21)22)14(20)9-4-5-12-13(6-9)17-18-16-12/h4-6,10-11H,2-3,7-8H2,1H3,(H,21,22)(H,16,17,18)/t10-,11-/m1/s1. The molecule has 3 rings (SSSR count). The van der Waals surface area contributed by atoms with E-state index in [2.05, 4.69) is 15.4 Å². The Labute approximate surface area is 127 Å². The minimum Gasteiger partial charge on any atom is -0.481 e. The molecule has 1 amide bonds. The maximum atomic E-state index is 12.6. The van der Waals surface area contributed by atoms with E-state index < -0.39 is 11.9 Å². The Bertz CT molecular complexity index is 712. The molecule has 1 aromatic carbocycles. The largest absolute Gasteiger partial charge is 0.481 e. The van der Waals surface area contributed by atoms with Crippen LogP contribution < -0.4 is 0 Å². The number of nitrogens with zero attached hydrogens (tertiary/aromatic N) is 3. The Morgan fingerprint density at radius 2 is 2.09 bits per heavy atom. The zero-order valence-electron chi connectivity index (χ0n) is 12.3. The number of likely N-dealkylation sites (tertiary alicyclic amines) is 1. The first kappa shape index (κ1) is 14.5. The molecule has 1 aliphatic heterocycles. The van der Waals surface area contributed by atoms with Gasteiger partial charge >= 0.3 is 5.97 Å². The molecule has 2 aromatic rings. The molecule has 2 atom stereocenters. The zero-order valence-corrected chi connectivity index (χ0v) is 12.3. The van der Waals surface area contributed by atoms with Crippen LogP contribution in [0.1, 0.15) is 30.1 Å². The number of rotatable bonds is 4. The molecular weight excluding hydrogens is 284 g/mol. The summed E-state index contributed by atoms with van der Waals surface area (Å²) in [6, 6.07) is 5.13. The molecule has 1 saturated heterocycles. The second-order valence-electron chi connectivity index (χ2n) is 5.73. The van der Waals surface area contributed by atoms with Crippen molar-refractivity contribution in [1.29, 1.82) is 0 Å². The number of H-pyrrole nitrogens is 1. The highest BCUT2D eigenvalue weighted by Crippen LogP contribution is 2.29. The first-order valence-corrected chi connectivity index (χ1v) is 7.42. The van der Waals surface area contributed by atoms with E-state index >= 15 is 0 Å². The maximum absolute atomic E-state index is 12.6. The van der Waals surface area contributed by atoms with Crippen molar-refractivity contribution in [2.75, 3.05) is 13.1 Å². The number of carboxylic acid groups (broad SMARTS) is 1. The van der Waals surface area contributed by atoms with Gasteiger partial charge < -0.3 is 10.0 Å². The van der Waals surface area contributed by atoms with Gasteiger partial charge in [-0.3, -0.25) is 9.59 Å². The average Bonchev–Trinajstić information content (AvgIpc) is 3.12. The Morgan fingerprint density at radius 3 is 2.82 bits per heavy atom. The molecule has 0 bridgehead atoms. The first-order chi connectivity index (χ1) is 10.6. The van der Waals surface area contributed by atoms with Crippen LogP contribution in [0.2, 0.25) is 0 Å². The number of aromatic amines is 1. The lowest BCUT2D eigenvalue weighted by atomic mass is 9.92. The summed E-state index contributed by atoms with van der Waals surface area (Å²) >= 11 is 0. The van der Waals surface area contributed by atoms with E-state index in [-0.39, 0.29) is 18.4 Å². The topological polar surface area (TPSA) is 99.2 Å². The van der Waals surface area contributed by atoms with Crippen LogP contribution in [0, 0.1) is 11.8 Å². The van der Waals surface area contributed by atoms with E-state index in [1.54, 1.807) is 23.1 Å². The minimum atomic E-state index is -0.819. The molecule has 7 nitrogen and oxygen atoms in total. The molecule has 2 N–H and O–H groups in total. The van der Waals surface area contributed by atoms with Crippen LogP contribution >= 0.6 is 0 Å². The molecule has 0 spiro atoms. The molecule has 0 aliphatic carbocycles. The molecule has 1 aliphatic rings. The number of hydrogen-bond acceptors (Lipinski definition) is 4. The second-order valence-corrected chi connectivity index (χ2v) is 5.73. The van der Waals surface area contributed by atoms with Gasteiger partial charge in [0.2, 0.25) is 0 Å². The summed E-state index contributed by atoms with van der Waals surface area (Å²) in [6.07, 6.45) is 1.74. The SMILES string of the molecule is CCC[C@@H]1CN(C(=O)c2ccc3n[nH]nc3c2)C[C@H]1C(=O)O. The Kier molecular flexibility index (Phi) is 3.79. The van der Waals surface area contributed by atoms with Crippen molar-refractivity contribution in [2.45, 2.75) is 19.8 Å². The number of aromatic nitrogens is 3. The van der Waals surface area contributed by atoms with Crippen molar-refractivity contribution in [1.82, 2.24) is 20.3 Å². The highest BCUT2D eigenvalue weighted by Gasteiger charge is 2.39. The van der Waals surface area contributed by atoms with Gasteiger partial charge in [0.1, 0.15) is 11.0 Å². The van der Waals surface area contributed by atoms with E-state index in [0.29, 0.717) is 23.1 Å². The van der Waals surface area contributed by atoms with Gasteiger partial charge in [0.15, 0.2) is 0 Å². The van der Waals surface area contributed by atoms with Crippen molar-refractivity contribution in [2.24, 2.45) is 11.8 Å². The lowest BCUT2D eigenvalue weighted by Crippen LogP contribution is -2.29. The van der Waals surface area contributed by atoms with Gasteiger partial charge in [0, 0.05) is 18.7 Å². The Hall–Kier alpha value is -2.44. The van der Waals surface area contributed by atoms with E-state index in [4.69, 9.17) is 0 Å². The van der Waals surface area contributed by atoms with E-state index in [9.17, 15) is 14.7 Å². The summed E-state index contributed by atoms with van der Waals surface area (Å²) in [4.78, 5) is 25.6. The number of fused-ring (bicyclic) bond motifs is 1. The third-order valence-electron chi connectivity index (χ3n) is 4.27. The van der Waals surface area contributed by atoms with Crippen LogP contribution in [0.3, 0.4) is 0 Å². The number of carboxylic acids is 1. The molecule has 1 fully saturated rings. The summed E-state index contributed by atoms with van der Waals surface area (Å²) in [5, 5.41) is 19.8. The normalized spacial score (nSPS) is 21.4. The van der Waals surface area contributed by atoms with Crippen molar-refractivity contribution in [3.63, 3.8) is 0 Å². The third kappa shape index (κ3) is 2.54. The fourth-order valence-corrected chi connectivity index (χ4v) is 3.14. The van der Waals surface area contributed by atoms with E-state index in [0.717, 1.165) is 12.8 Å². The Morgan fingerprint density at radius 1 is 1.32 bits per heavy atom. The summed E-state index contributed by atoms with van der Waals surface area (Å²) in [6.45, 7) is 2.80. The van der Waals surface area contributed by atoms with E-state index in [1.807, 2.05) is 6.92 Å². The molecule has 2 heterocycles. The fraction of sp³-hybridized carbons (Fsp3) is 0.467. The number of aliphatic carboxylic acids is 1. The van der Waals surface area contributed by atoms with Gasteiger partial charge in [-0.1, -0.05) is 13.3 Å². The van der Waals surface area contributed by atoms with Crippen LogP contribution in [-0.4, -0.2) is 50.4 Å². The van der Waals surface area contributed by atoms with Crippen molar-refractivity contribution in [3.05, 3.63) is 23.8 Å². The lowest BCUT2D eigenvalue weighted by Gasteiger charge is -2.16. The van der Waals surface area contributed by atoms with Gasteiger partial charge in [-0.05, 0) is 30.5 Å². The van der Waals surface area contributed by atoms with Gasteiger partial charge in [0.25, 0.3) is 5.91 Å². The summed E-state index contributed by atoms with van der Waals surface area (Å²) in [5.41, 5.74) is 1.85. The van der Waals surface area contributed by atoms with Gasteiger partial charge in [0.05, 0.1) is 5.92 Å². The molecule has 1 aromatic heterocycles. The van der Waals surface area contributed by atoms with Gasteiger partial charge in [-0.25, -0.2) is 0 Å². The predicted octanol–water partition coefficient (Wildman–Crippen LogP) is 1.53. The summed E-state index contributed by atoms with van der Waals surface area (Å²) in [5.74, 6) is -1.41. The lowest BCUT2D eigenvalue weighted by molar-refractivity contribution is -0.142. The van der Waals surface area contributed by atoms with Crippen LogP contribution in [0.4, 0.5) is 0 Å².